The average molecular weight is 431 g/mol. The maximum absolute atomic E-state index is 12.9. The number of ether oxygens (including phenoxy) is 3. The van der Waals surface area contributed by atoms with Gasteiger partial charge >= 0.3 is 11.9 Å². The van der Waals surface area contributed by atoms with Crippen LogP contribution in [0, 0.1) is 17.3 Å². The molecule has 1 aromatic carbocycles. The fourth-order valence-corrected chi connectivity index (χ4v) is 5.37. The lowest BCUT2D eigenvalue weighted by atomic mass is 9.57. The summed E-state index contributed by atoms with van der Waals surface area (Å²) in [6.07, 6.45) is 5.30. The van der Waals surface area contributed by atoms with E-state index in [4.69, 9.17) is 14.2 Å². The summed E-state index contributed by atoms with van der Waals surface area (Å²) in [5, 5.41) is 9.81. The minimum Gasteiger partial charge on any atom is -0.504 e. The third kappa shape index (κ3) is 4.58. The van der Waals surface area contributed by atoms with Gasteiger partial charge in [-0.2, -0.15) is 0 Å². The summed E-state index contributed by atoms with van der Waals surface area (Å²) in [7, 11) is 1.44. The van der Waals surface area contributed by atoms with Crippen molar-refractivity contribution in [2.45, 2.75) is 72.0 Å². The number of methoxy groups -OCH3 is 1. The number of esters is 2. The number of phenols is 1. The molecule has 0 bridgehead atoms. The van der Waals surface area contributed by atoms with Crippen molar-refractivity contribution in [3.63, 3.8) is 0 Å². The number of hydrogen-bond acceptors (Lipinski definition) is 6. The van der Waals surface area contributed by atoms with Gasteiger partial charge in [0.2, 0.25) is 0 Å². The molecule has 1 fully saturated rings. The van der Waals surface area contributed by atoms with E-state index in [2.05, 4.69) is 26.8 Å². The molecule has 31 heavy (non-hydrogen) atoms. The standard InChI is InChI=1S/C25H34O6/c1-15(2)18-13-22-24(4,10-7-11-25(22,5)31-16(3)26)14-21(18)30-23(28)17-8-9-19(27)20(12-17)29-6/h8-9,12-13,15,18,21,27H,7,10-11,14H2,1-6H3. The van der Waals surface area contributed by atoms with Crippen molar-refractivity contribution in [1.29, 1.82) is 0 Å². The predicted octanol–water partition coefficient (Wildman–Crippen LogP) is 5.04. The van der Waals surface area contributed by atoms with E-state index in [0.717, 1.165) is 24.8 Å². The summed E-state index contributed by atoms with van der Waals surface area (Å²) in [6.45, 7) is 9.86. The molecule has 4 atom stereocenters. The van der Waals surface area contributed by atoms with Crippen molar-refractivity contribution in [2.24, 2.45) is 17.3 Å². The van der Waals surface area contributed by atoms with Crippen LogP contribution < -0.4 is 4.74 Å². The largest absolute Gasteiger partial charge is 0.504 e. The Morgan fingerprint density at radius 1 is 1.19 bits per heavy atom. The summed E-state index contributed by atoms with van der Waals surface area (Å²) in [5.74, 6) is -0.246. The highest BCUT2D eigenvalue weighted by Crippen LogP contribution is 2.55. The van der Waals surface area contributed by atoms with Crippen LogP contribution in [0.1, 0.15) is 70.7 Å². The lowest BCUT2D eigenvalue weighted by Crippen LogP contribution is -2.50. The van der Waals surface area contributed by atoms with Crippen molar-refractivity contribution >= 4 is 11.9 Å². The molecule has 1 N–H and O–H groups in total. The first-order valence-electron chi connectivity index (χ1n) is 11.0. The van der Waals surface area contributed by atoms with Crippen molar-refractivity contribution in [1.82, 2.24) is 0 Å². The predicted molar refractivity (Wildman–Crippen MR) is 117 cm³/mol. The highest BCUT2D eigenvalue weighted by molar-refractivity contribution is 5.90. The van der Waals surface area contributed by atoms with Gasteiger partial charge in [-0.25, -0.2) is 4.79 Å². The van der Waals surface area contributed by atoms with Crippen LogP contribution in [0.3, 0.4) is 0 Å². The Morgan fingerprint density at radius 3 is 2.52 bits per heavy atom. The monoisotopic (exact) mass is 430 g/mol. The summed E-state index contributed by atoms with van der Waals surface area (Å²) in [5.41, 5.74) is 0.667. The molecule has 1 saturated carbocycles. The van der Waals surface area contributed by atoms with Crippen molar-refractivity contribution in [3.05, 3.63) is 35.4 Å². The lowest BCUT2D eigenvalue weighted by molar-refractivity contribution is -0.156. The van der Waals surface area contributed by atoms with Crippen LogP contribution in [0.25, 0.3) is 0 Å². The van der Waals surface area contributed by atoms with Gasteiger partial charge in [0.25, 0.3) is 0 Å². The van der Waals surface area contributed by atoms with Gasteiger partial charge in [0.1, 0.15) is 11.7 Å². The topological polar surface area (TPSA) is 82.1 Å². The van der Waals surface area contributed by atoms with Crippen LogP contribution in [0.4, 0.5) is 0 Å². The SMILES string of the molecule is COc1cc(C(=O)OC2CC3(C)CCCC(C)(OC(C)=O)C3=CC2C(C)C)ccc1O. The Morgan fingerprint density at radius 2 is 1.90 bits per heavy atom. The highest BCUT2D eigenvalue weighted by atomic mass is 16.6. The van der Waals surface area contributed by atoms with Crippen LogP contribution in [-0.2, 0) is 14.3 Å². The molecule has 0 radical (unpaired) electrons. The normalized spacial score (nSPS) is 30.2. The molecule has 0 heterocycles. The molecule has 2 aliphatic rings. The molecule has 0 spiro atoms. The Bertz CT molecular complexity index is 888. The smallest absolute Gasteiger partial charge is 0.338 e. The second-order valence-corrected chi connectivity index (χ2v) is 9.67. The minimum absolute atomic E-state index is 0.0130. The molecular weight excluding hydrogens is 396 g/mol. The zero-order chi connectivity index (χ0) is 23.0. The first-order chi connectivity index (χ1) is 14.5. The Balaban J connectivity index is 1.92. The molecule has 0 aromatic heterocycles. The van der Waals surface area contributed by atoms with E-state index in [-0.39, 0.29) is 40.8 Å². The fraction of sp³-hybridized carbons (Fsp3) is 0.600. The maximum atomic E-state index is 12.9. The number of phenolic OH excluding ortho intramolecular Hbond substituents is 1. The van der Waals surface area contributed by atoms with E-state index < -0.39 is 11.6 Å². The van der Waals surface area contributed by atoms with Gasteiger partial charge in [-0.15, -0.1) is 0 Å². The number of benzene rings is 1. The summed E-state index contributed by atoms with van der Waals surface area (Å²) < 4.78 is 17.0. The second kappa shape index (κ2) is 8.56. The average Bonchev–Trinajstić information content (AvgIpc) is 2.66. The van der Waals surface area contributed by atoms with E-state index in [0.29, 0.717) is 12.0 Å². The Labute approximate surface area is 184 Å². The third-order valence-electron chi connectivity index (χ3n) is 6.86. The van der Waals surface area contributed by atoms with Gasteiger partial charge in [0.15, 0.2) is 11.5 Å². The van der Waals surface area contributed by atoms with E-state index >= 15 is 0 Å². The molecule has 0 aliphatic heterocycles. The van der Waals surface area contributed by atoms with Crippen molar-refractivity contribution in [3.8, 4) is 11.5 Å². The van der Waals surface area contributed by atoms with Crippen molar-refractivity contribution < 1.29 is 28.9 Å². The quantitative estimate of drug-likeness (QED) is 0.521. The summed E-state index contributed by atoms with van der Waals surface area (Å²) in [4.78, 5) is 24.8. The van der Waals surface area contributed by atoms with Crippen molar-refractivity contribution in [2.75, 3.05) is 7.11 Å². The van der Waals surface area contributed by atoms with Crippen LogP contribution in [-0.4, -0.2) is 35.9 Å². The Hall–Kier alpha value is -2.50. The third-order valence-corrected chi connectivity index (χ3v) is 6.86. The van der Waals surface area contributed by atoms with Crippen LogP contribution in [0.15, 0.2) is 29.8 Å². The van der Waals surface area contributed by atoms with Gasteiger partial charge in [0, 0.05) is 12.8 Å². The molecular formula is C25H34O6. The molecule has 0 saturated heterocycles. The van der Waals surface area contributed by atoms with Gasteiger partial charge < -0.3 is 19.3 Å². The Kier molecular flexibility index (Phi) is 6.40. The van der Waals surface area contributed by atoms with Crippen LogP contribution >= 0.6 is 0 Å². The number of carbonyl (C=O) groups excluding carboxylic acids is 2. The number of fused-ring (bicyclic) bond motifs is 1. The molecule has 6 heteroatoms. The molecule has 6 nitrogen and oxygen atoms in total. The van der Waals surface area contributed by atoms with Gasteiger partial charge in [-0.3, -0.25) is 4.79 Å². The van der Waals surface area contributed by atoms with Crippen LogP contribution in [0.2, 0.25) is 0 Å². The second-order valence-electron chi connectivity index (χ2n) is 9.67. The maximum Gasteiger partial charge on any atom is 0.338 e. The summed E-state index contributed by atoms with van der Waals surface area (Å²) >= 11 is 0. The molecule has 2 aliphatic carbocycles. The first kappa shape index (κ1) is 23.2. The zero-order valence-corrected chi connectivity index (χ0v) is 19.4. The molecule has 1 aromatic rings. The minimum atomic E-state index is -0.620. The van der Waals surface area contributed by atoms with E-state index in [1.54, 1.807) is 0 Å². The van der Waals surface area contributed by atoms with E-state index in [9.17, 15) is 14.7 Å². The van der Waals surface area contributed by atoms with Gasteiger partial charge in [-0.05, 0) is 67.7 Å². The highest BCUT2D eigenvalue weighted by Gasteiger charge is 2.51. The number of aromatic hydroxyl groups is 1. The molecule has 170 valence electrons. The van der Waals surface area contributed by atoms with E-state index in [1.807, 2.05) is 6.92 Å². The molecule has 3 rings (SSSR count). The molecule has 0 amide bonds. The van der Waals surface area contributed by atoms with E-state index in [1.165, 1.54) is 32.2 Å². The first-order valence-corrected chi connectivity index (χ1v) is 11.0. The summed E-state index contributed by atoms with van der Waals surface area (Å²) in [6, 6.07) is 4.46. The fourth-order valence-electron chi connectivity index (χ4n) is 5.37. The number of hydrogen-bond donors (Lipinski definition) is 1. The lowest BCUT2D eigenvalue weighted by Gasteiger charge is -2.52. The number of carbonyl (C=O) groups is 2. The zero-order valence-electron chi connectivity index (χ0n) is 19.4. The van der Waals surface area contributed by atoms with Gasteiger partial charge in [-0.1, -0.05) is 26.8 Å². The molecule has 4 unspecified atom stereocenters. The number of rotatable bonds is 5. The van der Waals surface area contributed by atoms with Gasteiger partial charge in [0.05, 0.1) is 12.7 Å². The van der Waals surface area contributed by atoms with Crippen LogP contribution in [0.5, 0.6) is 11.5 Å².